The summed E-state index contributed by atoms with van der Waals surface area (Å²) in [6, 6.07) is 0. The summed E-state index contributed by atoms with van der Waals surface area (Å²) in [5, 5.41) is 0. The van der Waals surface area contributed by atoms with Crippen LogP contribution in [0.15, 0.2) is 0 Å². The van der Waals surface area contributed by atoms with Gasteiger partial charge in [-0.05, 0) is 13.8 Å². The van der Waals surface area contributed by atoms with E-state index in [2.05, 4.69) is 0 Å². The van der Waals surface area contributed by atoms with E-state index in [9.17, 15) is 4.79 Å². The van der Waals surface area contributed by atoms with Crippen molar-refractivity contribution in [3.63, 3.8) is 0 Å². The number of ketones is 1. The highest BCUT2D eigenvalue weighted by atomic mass is 16.1. The van der Waals surface area contributed by atoms with Gasteiger partial charge in [-0.15, -0.1) is 0 Å². The first-order valence-electron chi connectivity index (χ1n) is 1.60. The molecule has 0 saturated heterocycles. The second-order valence-corrected chi connectivity index (χ2v) is 0.998. The van der Waals surface area contributed by atoms with E-state index < -0.39 is 0 Å². The molecule has 40 valence electrons. The number of hydrogen-bond acceptors (Lipinski definition) is 1. The summed E-state index contributed by atoms with van der Waals surface area (Å²) in [6.07, 6.45) is 0. The van der Waals surface area contributed by atoms with E-state index in [-0.39, 0.29) is 5.78 Å². The summed E-state index contributed by atoms with van der Waals surface area (Å²) >= 11 is 0. The molecule has 0 spiro atoms. The topological polar surface area (TPSA) is 75.8 Å². The van der Waals surface area contributed by atoms with Crippen LogP contribution in [-0.4, -0.2) is 5.78 Å². The van der Waals surface area contributed by atoms with E-state index in [1.54, 1.807) is 0 Å². The molecule has 0 aliphatic carbocycles. The van der Waals surface area contributed by atoms with Crippen molar-refractivity contribution in [1.29, 1.82) is 0 Å². The number of carbonyl (C=O) groups excluding carboxylic acids is 1. The minimum Gasteiger partial charge on any atom is -0.373 e. The molecule has 0 fully saturated rings. The van der Waals surface area contributed by atoms with Crippen LogP contribution < -0.4 is 0 Å². The quantitative estimate of drug-likeness (QED) is 0.258. The maximum absolute atomic E-state index is 9.44. The van der Waals surface area contributed by atoms with E-state index in [1.807, 2.05) is 0 Å². The lowest BCUT2D eigenvalue weighted by atomic mass is 10.6. The fraction of sp³-hybridized carbons (Fsp3) is 0.667. The van der Waals surface area contributed by atoms with Gasteiger partial charge in [0.2, 0.25) is 0 Å². The highest BCUT2D eigenvalue weighted by Crippen LogP contribution is 1.50. The SMILES string of the molecule is CC(C)=O.[N-]=[N+]=[N-]. The average molecular weight is 100 g/mol. The van der Waals surface area contributed by atoms with E-state index in [0.29, 0.717) is 0 Å². The van der Waals surface area contributed by atoms with Gasteiger partial charge in [-0.25, -0.2) is 0 Å². The fourth-order valence-electron chi connectivity index (χ4n) is 0. The number of nitrogens with zero attached hydrogens (tertiary/aromatic N) is 3. The number of carbonyl (C=O) groups is 1. The zero-order valence-corrected chi connectivity index (χ0v) is 4.25. The van der Waals surface area contributed by atoms with Crippen molar-refractivity contribution in [2.75, 3.05) is 0 Å². The Labute approximate surface area is 41.6 Å². The van der Waals surface area contributed by atoms with Crippen molar-refractivity contribution in [2.24, 2.45) is 0 Å². The Morgan fingerprint density at radius 3 is 1.43 bits per heavy atom. The predicted molar refractivity (Wildman–Crippen MR) is 26.4 cm³/mol. The Balaban J connectivity index is 0. The minimum absolute atomic E-state index is 0.167. The predicted octanol–water partition coefficient (Wildman–Crippen LogP) is 1.46. The molecule has 0 aromatic rings. The third-order valence-corrected chi connectivity index (χ3v) is 0. The van der Waals surface area contributed by atoms with Crippen molar-refractivity contribution in [2.45, 2.75) is 13.8 Å². The highest BCUT2D eigenvalue weighted by molar-refractivity contribution is 5.72. The van der Waals surface area contributed by atoms with Crippen LogP contribution in [0.5, 0.6) is 0 Å². The van der Waals surface area contributed by atoms with Crippen LogP contribution in [0.1, 0.15) is 13.8 Å². The normalized spacial score (nSPS) is 4.86. The Morgan fingerprint density at radius 1 is 1.43 bits per heavy atom. The molecule has 0 saturated carbocycles. The second-order valence-electron chi connectivity index (χ2n) is 0.998. The third-order valence-electron chi connectivity index (χ3n) is 0. The molecule has 0 bridgehead atoms. The molecule has 0 radical (unpaired) electrons. The molecular weight excluding hydrogens is 94.1 g/mol. The Bertz CT molecular complexity index is 78.2. The maximum atomic E-state index is 9.44. The van der Waals surface area contributed by atoms with Gasteiger partial charge in [0, 0.05) is 0 Å². The van der Waals surface area contributed by atoms with E-state index in [0.717, 1.165) is 0 Å². The van der Waals surface area contributed by atoms with Crippen LogP contribution in [0, 0.1) is 0 Å². The smallest absolute Gasteiger partial charge is 0.126 e. The van der Waals surface area contributed by atoms with Crippen LogP contribution >= 0.6 is 0 Å². The molecule has 0 rings (SSSR count). The molecule has 0 aliphatic rings. The molecule has 0 N–H and O–H groups in total. The van der Waals surface area contributed by atoms with Gasteiger partial charge in [0.1, 0.15) is 5.78 Å². The van der Waals surface area contributed by atoms with E-state index >= 15 is 0 Å². The van der Waals surface area contributed by atoms with Crippen LogP contribution in [0.4, 0.5) is 0 Å². The molecule has 0 aromatic heterocycles. The highest BCUT2D eigenvalue weighted by Gasteiger charge is 1.62. The first-order chi connectivity index (χ1) is 3.15. The standard InChI is InChI=1S/C3H6O.N3/c1-3(2)4;1-3-2/h1-2H3;/q;-1. The second kappa shape index (κ2) is 8.88. The lowest BCUT2D eigenvalue weighted by molar-refractivity contribution is -0.114. The molecule has 0 unspecified atom stereocenters. The first-order valence-corrected chi connectivity index (χ1v) is 1.60. The molecule has 0 aliphatic heterocycles. The van der Waals surface area contributed by atoms with Gasteiger partial charge in [-0.2, -0.15) is 0 Å². The largest absolute Gasteiger partial charge is 0.373 e. The number of rotatable bonds is 0. The van der Waals surface area contributed by atoms with Gasteiger partial charge in [0.25, 0.3) is 0 Å². The summed E-state index contributed by atoms with van der Waals surface area (Å²) in [4.78, 5) is 10.9. The first kappa shape index (κ1) is 9.36. The number of Topliss-reactive ketones (excluding diaryl/α,β-unsaturated/α-hetero) is 1. The summed E-state index contributed by atoms with van der Waals surface area (Å²) in [7, 11) is 0. The van der Waals surface area contributed by atoms with E-state index in [1.165, 1.54) is 18.8 Å². The van der Waals surface area contributed by atoms with Crippen LogP contribution in [0.2, 0.25) is 0 Å². The summed E-state index contributed by atoms with van der Waals surface area (Å²) < 4.78 is 0. The molecule has 0 aromatic carbocycles. The van der Waals surface area contributed by atoms with Gasteiger partial charge in [0.15, 0.2) is 0 Å². The molecule has 4 nitrogen and oxygen atoms in total. The molecule has 7 heavy (non-hydrogen) atoms. The minimum atomic E-state index is 0.167. The van der Waals surface area contributed by atoms with Gasteiger partial charge in [-0.1, -0.05) is 0 Å². The van der Waals surface area contributed by atoms with Crippen molar-refractivity contribution in [1.82, 2.24) is 0 Å². The van der Waals surface area contributed by atoms with Crippen molar-refractivity contribution < 1.29 is 4.79 Å². The molecule has 0 atom stereocenters. The molecule has 4 heteroatoms. The summed E-state index contributed by atoms with van der Waals surface area (Å²) in [5.74, 6) is 0.167. The molecule has 0 amide bonds. The van der Waals surface area contributed by atoms with Crippen molar-refractivity contribution >= 4 is 5.78 Å². The Hall–Kier alpha value is -1.02. The Kier molecular flexibility index (Phi) is 11.9. The van der Waals surface area contributed by atoms with Gasteiger partial charge in [-0.3, -0.25) is 4.91 Å². The monoisotopic (exact) mass is 100 g/mol. The van der Waals surface area contributed by atoms with Crippen molar-refractivity contribution in [3.8, 4) is 0 Å². The van der Waals surface area contributed by atoms with Gasteiger partial charge < -0.3 is 15.9 Å². The third kappa shape index (κ3) is 42.5. The number of hydrogen-bond donors (Lipinski definition) is 0. The summed E-state index contributed by atoms with van der Waals surface area (Å²) in [5.41, 5.74) is 13.5. The average Bonchev–Trinajstić information content (AvgIpc) is 1.33. The molecule has 0 heterocycles. The van der Waals surface area contributed by atoms with Gasteiger partial charge >= 0.3 is 0 Å². The van der Waals surface area contributed by atoms with Crippen LogP contribution in [0.25, 0.3) is 16.0 Å². The molecular formula is C3H6N3O-. The zero-order chi connectivity index (χ0) is 6.28. The lowest BCUT2D eigenvalue weighted by Crippen LogP contribution is -1.69. The maximum Gasteiger partial charge on any atom is 0.126 e. The van der Waals surface area contributed by atoms with Crippen molar-refractivity contribution in [3.05, 3.63) is 16.0 Å². The van der Waals surface area contributed by atoms with Crippen LogP contribution in [-0.2, 0) is 4.79 Å². The van der Waals surface area contributed by atoms with Gasteiger partial charge in [0.05, 0.1) is 0 Å². The Morgan fingerprint density at radius 2 is 1.43 bits per heavy atom. The van der Waals surface area contributed by atoms with Crippen LogP contribution in [0.3, 0.4) is 0 Å². The lowest BCUT2D eigenvalue weighted by Gasteiger charge is -1.56. The fourth-order valence-corrected chi connectivity index (χ4v) is 0. The summed E-state index contributed by atoms with van der Waals surface area (Å²) in [6.45, 7) is 3.06. The van der Waals surface area contributed by atoms with E-state index in [4.69, 9.17) is 11.1 Å². The zero-order valence-electron chi connectivity index (χ0n) is 4.25.